The van der Waals surface area contributed by atoms with Gasteiger partial charge in [-0.1, -0.05) is 0 Å². The van der Waals surface area contributed by atoms with Gasteiger partial charge in [0.15, 0.2) is 25.2 Å². The van der Waals surface area contributed by atoms with Crippen LogP contribution in [0.4, 0.5) is 0 Å². The van der Waals surface area contributed by atoms with Gasteiger partial charge in [0, 0.05) is 6.92 Å². The van der Waals surface area contributed by atoms with Gasteiger partial charge in [-0.25, -0.2) is 0 Å². The smallest absolute Gasteiger partial charge is 0.217 e. The highest BCUT2D eigenvalue weighted by molar-refractivity contribution is 5.73. The molecule has 13 N–H and O–H groups in total. The van der Waals surface area contributed by atoms with Crippen molar-refractivity contribution >= 4 is 5.91 Å². The van der Waals surface area contributed by atoms with Crippen LogP contribution in [0.2, 0.25) is 0 Å². The second-order valence-electron chi connectivity index (χ2n) is 11.9. The summed E-state index contributed by atoms with van der Waals surface area (Å²) in [5, 5.41) is 126. The first kappa shape index (κ1) is 38.5. The molecule has 4 heterocycles. The summed E-state index contributed by atoms with van der Waals surface area (Å²) in [6, 6.07) is -1.60. The van der Waals surface area contributed by atoms with Gasteiger partial charge in [0.25, 0.3) is 0 Å². The average Bonchev–Trinajstić information content (AvgIpc) is 3.04. The van der Waals surface area contributed by atoms with E-state index in [1.807, 2.05) is 0 Å². The molecule has 21 nitrogen and oxygen atoms in total. The topological polar surface area (TPSA) is 336 Å². The quantitative estimate of drug-likeness (QED) is 0.101. The molecule has 0 saturated carbocycles. The summed E-state index contributed by atoms with van der Waals surface area (Å²) in [5.74, 6) is -0.759. The number of nitrogens with one attached hydrogen (secondary N) is 1. The molecule has 0 aromatic heterocycles. The summed E-state index contributed by atoms with van der Waals surface area (Å²) in [7, 11) is 0. The fourth-order valence-electron chi connectivity index (χ4n) is 5.88. The van der Waals surface area contributed by atoms with Gasteiger partial charge >= 0.3 is 0 Å². The van der Waals surface area contributed by atoms with E-state index in [9.17, 15) is 66.1 Å². The summed E-state index contributed by atoms with van der Waals surface area (Å²) in [6.07, 6.45) is -32.7. The Morgan fingerprint density at radius 3 is 1.62 bits per heavy atom. The lowest BCUT2D eigenvalue weighted by Crippen LogP contribution is -2.71. The number of carbonyl (C=O) groups is 1. The molecule has 20 atom stereocenters. The van der Waals surface area contributed by atoms with Crippen LogP contribution in [-0.4, -0.2) is 210 Å². The lowest BCUT2D eigenvalue weighted by molar-refractivity contribution is -0.384. The Morgan fingerprint density at radius 1 is 0.553 bits per heavy atom. The molecular formula is C26H45NO20. The van der Waals surface area contributed by atoms with Crippen molar-refractivity contribution in [3.63, 3.8) is 0 Å². The summed E-state index contributed by atoms with van der Waals surface area (Å²) < 4.78 is 39.5. The van der Waals surface area contributed by atoms with E-state index in [-0.39, 0.29) is 0 Å². The maximum absolute atomic E-state index is 12.5. The fourth-order valence-corrected chi connectivity index (χ4v) is 5.88. The number of rotatable bonds is 10. The number of aliphatic hydroxyl groups excluding tert-OH is 12. The minimum absolute atomic E-state index is 0.759. The van der Waals surface area contributed by atoms with Crippen molar-refractivity contribution in [2.75, 3.05) is 19.8 Å². The number of amides is 1. The van der Waals surface area contributed by atoms with Gasteiger partial charge in [-0.05, 0) is 6.92 Å². The molecule has 0 aromatic carbocycles. The maximum atomic E-state index is 12.5. The summed E-state index contributed by atoms with van der Waals surface area (Å²) in [5.41, 5.74) is 0. The van der Waals surface area contributed by atoms with Crippen LogP contribution >= 0.6 is 0 Å². The highest BCUT2D eigenvalue weighted by Crippen LogP contribution is 2.35. The first-order valence-corrected chi connectivity index (χ1v) is 15.0. The van der Waals surface area contributed by atoms with Crippen molar-refractivity contribution in [2.45, 2.75) is 137 Å². The third-order valence-electron chi connectivity index (χ3n) is 8.57. The Kier molecular flexibility index (Phi) is 13.2. The Morgan fingerprint density at radius 2 is 1.04 bits per heavy atom. The molecule has 0 spiro atoms. The summed E-state index contributed by atoms with van der Waals surface area (Å²) in [6.45, 7) is -0.142. The Bertz CT molecular complexity index is 1010. The van der Waals surface area contributed by atoms with Gasteiger partial charge in [-0.2, -0.15) is 0 Å². The predicted octanol–water partition coefficient (Wildman–Crippen LogP) is -8.58. The molecule has 0 aromatic rings. The van der Waals surface area contributed by atoms with E-state index >= 15 is 0 Å². The zero-order valence-corrected chi connectivity index (χ0v) is 25.3. The third kappa shape index (κ3) is 8.04. The van der Waals surface area contributed by atoms with Crippen molar-refractivity contribution in [3.05, 3.63) is 0 Å². The van der Waals surface area contributed by atoms with Crippen molar-refractivity contribution in [3.8, 4) is 0 Å². The molecule has 4 saturated heterocycles. The van der Waals surface area contributed by atoms with E-state index in [2.05, 4.69) is 5.32 Å². The number of carbonyl (C=O) groups excluding carboxylic acids is 1. The maximum Gasteiger partial charge on any atom is 0.217 e. The molecule has 4 aliphatic rings. The van der Waals surface area contributed by atoms with E-state index in [0.717, 1.165) is 6.92 Å². The second kappa shape index (κ2) is 16.2. The van der Waals surface area contributed by atoms with Gasteiger partial charge in [0.1, 0.15) is 91.5 Å². The lowest BCUT2D eigenvalue weighted by Gasteiger charge is -2.51. The van der Waals surface area contributed by atoms with Gasteiger partial charge < -0.3 is 99.8 Å². The van der Waals surface area contributed by atoms with Crippen LogP contribution < -0.4 is 5.32 Å². The SMILES string of the molecule is CC(=O)N[C@H]1[C@H](O[C@H]2[C@H](O)[C@@H](CO)OC(O)[C@@H]2O)O[C@H](CO)[C@@H](O[C@@H]2O[C@H](CO)[C@H](O)[C@H](O)[C@H]2O)[C@@H]1O[C@@H]1O[C@@H](C)[C@@H](O)[C@@H](O)[C@@H]1O. The molecule has 4 rings (SSSR count). The second-order valence-corrected chi connectivity index (χ2v) is 11.9. The molecule has 4 fully saturated rings. The lowest BCUT2D eigenvalue weighted by atomic mass is 9.93. The van der Waals surface area contributed by atoms with Crippen LogP contribution in [0, 0.1) is 0 Å². The Labute approximate surface area is 267 Å². The van der Waals surface area contributed by atoms with Gasteiger partial charge in [0.05, 0.1) is 25.9 Å². The van der Waals surface area contributed by atoms with Crippen molar-refractivity contribution in [1.29, 1.82) is 0 Å². The Balaban J connectivity index is 1.73. The first-order chi connectivity index (χ1) is 22.1. The van der Waals surface area contributed by atoms with E-state index in [0.29, 0.717) is 0 Å². The van der Waals surface area contributed by atoms with E-state index < -0.39 is 148 Å². The fraction of sp³-hybridized carbons (Fsp3) is 0.962. The van der Waals surface area contributed by atoms with Gasteiger partial charge in [-0.15, -0.1) is 0 Å². The number of aliphatic hydroxyl groups is 12. The minimum Gasteiger partial charge on any atom is -0.394 e. The number of hydrogen-bond acceptors (Lipinski definition) is 20. The van der Waals surface area contributed by atoms with Crippen LogP contribution in [0.1, 0.15) is 13.8 Å². The molecule has 0 aliphatic carbocycles. The normalized spacial score (nSPS) is 51.0. The van der Waals surface area contributed by atoms with E-state index in [1.165, 1.54) is 6.92 Å². The van der Waals surface area contributed by atoms with Crippen molar-refractivity contribution < 1.29 is 99.2 Å². The molecular weight excluding hydrogens is 646 g/mol. The highest BCUT2D eigenvalue weighted by atomic mass is 16.8. The zero-order chi connectivity index (χ0) is 34.9. The molecule has 0 radical (unpaired) electrons. The molecule has 47 heavy (non-hydrogen) atoms. The average molecular weight is 692 g/mol. The van der Waals surface area contributed by atoms with Crippen LogP contribution in [0.15, 0.2) is 0 Å². The Hall–Kier alpha value is -1.29. The number of ether oxygens (including phenoxy) is 7. The standard InChI is InChI=1S/C26H45NO20/c1-6-12(32)15(35)17(37)25(41-6)46-21-11(27-7(2)31)24(47-22-14(34)9(4-29)42-23(40)19(22)39)44-10(5-30)20(21)45-26-18(38)16(36)13(33)8(3-28)43-26/h6,8-26,28-30,32-40H,3-5H2,1-2H3,(H,27,31)/t6-,8+,9+,10+,11+,12+,13-,14+,15+,16-,17-,18+,19+,20+,21+,22-,23?,24-,25-,26-/m0/s1. The number of hydrogen-bond donors (Lipinski definition) is 13. The highest BCUT2D eigenvalue weighted by Gasteiger charge is 2.56. The first-order valence-electron chi connectivity index (χ1n) is 15.0. The van der Waals surface area contributed by atoms with Gasteiger partial charge in [0.2, 0.25) is 5.91 Å². The summed E-state index contributed by atoms with van der Waals surface area (Å²) >= 11 is 0. The van der Waals surface area contributed by atoms with Crippen molar-refractivity contribution in [2.24, 2.45) is 0 Å². The third-order valence-corrected chi connectivity index (χ3v) is 8.57. The van der Waals surface area contributed by atoms with E-state index in [4.69, 9.17) is 33.2 Å². The molecule has 0 bridgehead atoms. The molecule has 1 unspecified atom stereocenters. The van der Waals surface area contributed by atoms with E-state index in [1.54, 1.807) is 0 Å². The summed E-state index contributed by atoms with van der Waals surface area (Å²) in [4.78, 5) is 12.5. The molecule has 1 amide bonds. The van der Waals surface area contributed by atoms with Crippen LogP contribution in [-0.2, 0) is 38.0 Å². The van der Waals surface area contributed by atoms with Crippen LogP contribution in [0.5, 0.6) is 0 Å². The molecule has 4 aliphatic heterocycles. The minimum atomic E-state index is -1.96. The predicted molar refractivity (Wildman–Crippen MR) is 144 cm³/mol. The van der Waals surface area contributed by atoms with Crippen molar-refractivity contribution in [1.82, 2.24) is 5.32 Å². The largest absolute Gasteiger partial charge is 0.394 e. The molecule has 274 valence electrons. The van der Waals surface area contributed by atoms with Crippen LogP contribution in [0.3, 0.4) is 0 Å². The van der Waals surface area contributed by atoms with Gasteiger partial charge in [-0.3, -0.25) is 4.79 Å². The molecule has 21 heteroatoms. The zero-order valence-electron chi connectivity index (χ0n) is 25.3. The monoisotopic (exact) mass is 691 g/mol. The van der Waals surface area contributed by atoms with Crippen LogP contribution in [0.25, 0.3) is 0 Å².